The molecule has 1 heterocycles. The standard InChI is InChI=1S/C13H12F6N2O3/c14-12(15,16)10-2-1-6(5-20-10)11(23)21-8-3-7(4-9(8)22)24-13(17,18)19/h1-2,5,7-9,22H,3-4H2,(H,21,23)/t7-,8-,9-/m0/s1. The molecule has 11 heteroatoms. The molecular formula is C13H12F6N2O3. The zero-order chi connectivity index (χ0) is 18.1. The van der Waals surface area contributed by atoms with Gasteiger partial charge in [0, 0.05) is 12.6 Å². The Hall–Kier alpha value is -1.88. The number of halogens is 6. The smallest absolute Gasteiger partial charge is 0.391 e. The molecule has 5 nitrogen and oxygen atoms in total. The van der Waals surface area contributed by atoms with Gasteiger partial charge in [-0.1, -0.05) is 0 Å². The van der Waals surface area contributed by atoms with Crippen molar-refractivity contribution in [1.29, 1.82) is 0 Å². The van der Waals surface area contributed by atoms with Gasteiger partial charge in [-0.05, 0) is 18.6 Å². The van der Waals surface area contributed by atoms with Gasteiger partial charge in [0.15, 0.2) is 0 Å². The number of rotatable bonds is 3. The molecule has 0 saturated heterocycles. The van der Waals surface area contributed by atoms with E-state index in [9.17, 15) is 36.2 Å². The van der Waals surface area contributed by atoms with Crippen LogP contribution >= 0.6 is 0 Å². The maximum absolute atomic E-state index is 12.4. The first-order valence-electron chi connectivity index (χ1n) is 6.72. The molecule has 1 saturated carbocycles. The van der Waals surface area contributed by atoms with E-state index in [1.54, 1.807) is 0 Å². The van der Waals surface area contributed by atoms with E-state index in [-0.39, 0.29) is 18.4 Å². The van der Waals surface area contributed by atoms with Crippen molar-refractivity contribution in [2.75, 3.05) is 0 Å². The van der Waals surface area contributed by atoms with Crippen LogP contribution in [0.1, 0.15) is 28.9 Å². The fourth-order valence-corrected chi connectivity index (χ4v) is 2.36. The molecule has 3 atom stereocenters. The lowest BCUT2D eigenvalue weighted by molar-refractivity contribution is -0.342. The van der Waals surface area contributed by atoms with Gasteiger partial charge in [0.05, 0.1) is 23.8 Å². The van der Waals surface area contributed by atoms with E-state index in [0.717, 1.165) is 6.07 Å². The molecule has 24 heavy (non-hydrogen) atoms. The van der Waals surface area contributed by atoms with Gasteiger partial charge in [-0.3, -0.25) is 14.5 Å². The number of carbonyl (C=O) groups excluding carboxylic acids is 1. The third-order valence-electron chi connectivity index (χ3n) is 3.42. The molecule has 1 aliphatic rings. The van der Waals surface area contributed by atoms with Gasteiger partial charge in [-0.2, -0.15) is 13.2 Å². The number of hydrogen-bond acceptors (Lipinski definition) is 4. The predicted octanol–water partition coefficient (Wildman–Crippen LogP) is 2.26. The Morgan fingerprint density at radius 3 is 2.38 bits per heavy atom. The fraction of sp³-hybridized carbons (Fsp3) is 0.538. The summed E-state index contributed by atoms with van der Waals surface area (Å²) in [6.07, 6.45) is -12.0. The Morgan fingerprint density at radius 1 is 1.21 bits per heavy atom. The molecule has 0 radical (unpaired) electrons. The van der Waals surface area contributed by atoms with E-state index in [4.69, 9.17) is 0 Å². The number of ether oxygens (including phenoxy) is 1. The van der Waals surface area contributed by atoms with Gasteiger partial charge in [0.2, 0.25) is 0 Å². The maximum atomic E-state index is 12.4. The highest BCUT2D eigenvalue weighted by molar-refractivity contribution is 5.94. The quantitative estimate of drug-likeness (QED) is 0.814. The summed E-state index contributed by atoms with van der Waals surface area (Å²) < 4.78 is 77.3. The van der Waals surface area contributed by atoms with E-state index >= 15 is 0 Å². The number of nitrogens with one attached hydrogen (secondary N) is 1. The number of hydrogen-bond donors (Lipinski definition) is 2. The molecule has 0 aromatic carbocycles. The number of pyridine rings is 1. The van der Waals surface area contributed by atoms with E-state index in [0.29, 0.717) is 12.3 Å². The molecule has 134 valence electrons. The maximum Gasteiger partial charge on any atom is 0.522 e. The molecule has 1 aromatic rings. The largest absolute Gasteiger partial charge is 0.522 e. The number of aliphatic hydroxyl groups excluding tert-OH is 1. The normalized spacial score (nSPS) is 24.9. The molecule has 2 rings (SSSR count). The third kappa shape index (κ3) is 4.81. The summed E-state index contributed by atoms with van der Waals surface area (Å²) in [6.45, 7) is 0. The number of carbonyl (C=O) groups is 1. The first kappa shape index (κ1) is 18.5. The zero-order valence-corrected chi connectivity index (χ0v) is 11.9. The van der Waals surface area contributed by atoms with Crippen LogP contribution in [0, 0.1) is 0 Å². The molecule has 1 fully saturated rings. The predicted molar refractivity (Wildman–Crippen MR) is 66.7 cm³/mol. The number of aromatic nitrogens is 1. The topological polar surface area (TPSA) is 71.5 Å². The average molecular weight is 358 g/mol. The third-order valence-corrected chi connectivity index (χ3v) is 3.42. The Balaban J connectivity index is 1.97. The van der Waals surface area contributed by atoms with E-state index in [2.05, 4.69) is 15.0 Å². The Kier molecular flexibility index (Phi) is 5.04. The second kappa shape index (κ2) is 6.55. The SMILES string of the molecule is O=C(N[C@H]1C[C@H](OC(F)(F)F)C[C@@H]1O)c1ccc(C(F)(F)F)nc1. The molecule has 0 spiro atoms. The van der Waals surface area contributed by atoms with Gasteiger partial charge < -0.3 is 10.4 Å². The van der Waals surface area contributed by atoms with Gasteiger partial charge >= 0.3 is 12.5 Å². The van der Waals surface area contributed by atoms with E-state index in [1.165, 1.54) is 0 Å². The van der Waals surface area contributed by atoms with E-state index in [1.807, 2.05) is 0 Å². The minimum Gasteiger partial charge on any atom is -0.391 e. The van der Waals surface area contributed by atoms with Crippen LogP contribution in [0.25, 0.3) is 0 Å². The van der Waals surface area contributed by atoms with Gasteiger partial charge in [-0.15, -0.1) is 13.2 Å². The highest BCUT2D eigenvalue weighted by Crippen LogP contribution is 2.30. The number of nitrogens with zero attached hydrogens (tertiary/aromatic N) is 1. The van der Waals surface area contributed by atoms with Gasteiger partial charge in [-0.25, -0.2) is 0 Å². The lowest BCUT2D eigenvalue weighted by Crippen LogP contribution is -2.40. The van der Waals surface area contributed by atoms with Crippen LogP contribution in [-0.2, 0) is 10.9 Å². The fourth-order valence-electron chi connectivity index (χ4n) is 2.36. The molecule has 0 bridgehead atoms. The van der Waals surface area contributed by atoms with Crippen molar-refractivity contribution < 1.29 is 41.0 Å². The summed E-state index contributed by atoms with van der Waals surface area (Å²) in [5.41, 5.74) is -1.39. The summed E-state index contributed by atoms with van der Waals surface area (Å²) in [5.74, 6) is -0.854. The summed E-state index contributed by atoms with van der Waals surface area (Å²) in [7, 11) is 0. The first-order valence-corrected chi connectivity index (χ1v) is 6.72. The molecule has 0 unspecified atom stereocenters. The lowest BCUT2D eigenvalue weighted by Gasteiger charge is -2.16. The zero-order valence-electron chi connectivity index (χ0n) is 11.9. The van der Waals surface area contributed by atoms with Crippen molar-refractivity contribution in [1.82, 2.24) is 10.3 Å². The molecule has 0 aliphatic heterocycles. The number of aliphatic hydroxyl groups is 1. The lowest BCUT2D eigenvalue weighted by atomic mass is 10.2. The van der Waals surface area contributed by atoms with Crippen LogP contribution in [0.3, 0.4) is 0 Å². The molecule has 1 aliphatic carbocycles. The van der Waals surface area contributed by atoms with Crippen LogP contribution in [0.4, 0.5) is 26.3 Å². The Bertz CT molecular complexity index is 587. The first-order chi connectivity index (χ1) is 11.0. The van der Waals surface area contributed by atoms with Crippen LogP contribution < -0.4 is 5.32 Å². The second-order valence-electron chi connectivity index (χ2n) is 5.23. The molecule has 2 N–H and O–H groups in total. The van der Waals surface area contributed by atoms with Gasteiger partial charge in [0.1, 0.15) is 5.69 Å². The average Bonchev–Trinajstić information content (AvgIpc) is 2.75. The van der Waals surface area contributed by atoms with Crippen molar-refractivity contribution in [2.45, 2.75) is 43.6 Å². The summed E-state index contributed by atoms with van der Waals surface area (Å²) in [5, 5.41) is 11.9. The highest BCUT2D eigenvalue weighted by Gasteiger charge is 2.41. The summed E-state index contributed by atoms with van der Waals surface area (Å²) >= 11 is 0. The van der Waals surface area contributed by atoms with Crippen LogP contribution in [0.2, 0.25) is 0 Å². The Labute approximate surface area is 131 Å². The number of amides is 1. The van der Waals surface area contributed by atoms with Crippen LogP contribution in [0.15, 0.2) is 18.3 Å². The van der Waals surface area contributed by atoms with Crippen molar-refractivity contribution >= 4 is 5.91 Å². The van der Waals surface area contributed by atoms with Gasteiger partial charge in [0.25, 0.3) is 5.91 Å². The molecule has 1 aromatic heterocycles. The monoisotopic (exact) mass is 358 g/mol. The number of alkyl halides is 6. The van der Waals surface area contributed by atoms with Crippen molar-refractivity contribution in [3.8, 4) is 0 Å². The van der Waals surface area contributed by atoms with Crippen molar-refractivity contribution in [3.05, 3.63) is 29.6 Å². The minimum atomic E-state index is -4.86. The summed E-state index contributed by atoms with van der Waals surface area (Å²) in [6, 6.07) is 0.485. The van der Waals surface area contributed by atoms with Crippen molar-refractivity contribution in [2.24, 2.45) is 0 Å². The molecular weight excluding hydrogens is 346 g/mol. The van der Waals surface area contributed by atoms with Crippen molar-refractivity contribution in [3.63, 3.8) is 0 Å². The highest BCUT2D eigenvalue weighted by atomic mass is 19.4. The van der Waals surface area contributed by atoms with E-state index < -0.39 is 42.4 Å². The Morgan fingerprint density at radius 2 is 1.88 bits per heavy atom. The van der Waals surface area contributed by atoms with Crippen LogP contribution in [0.5, 0.6) is 0 Å². The minimum absolute atomic E-state index is 0.213. The second-order valence-corrected chi connectivity index (χ2v) is 5.23. The summed E-state index contributed by atoms with van der Waals surface area (Å²) in [4.78, 5) is 15.0. The van der Waals surface area contributed by atoms with Crippen LogP contribution in [-0.4, -0.2) is 40.6 Å². The molecule has 1 amide bonds.